The Morgan fingerprint density at radius 2 is 1.64 bits per heavy atom. The van der Waals surface area contributed by atoms with Gasteiger partial charge >= 0.3 is 11.9 Å². The summed E-state index contributed by atoms with van der Waals surface area (Å²) in [5, 5.41) is 24.0. The Hall–Kier alpha value is -5.10. The Labute approximate surface area is 262 Å². The van der Waals surface area contributed by atoms with Crippen LogP contribution in [0.4, 0.5) is 0 Å². The van der Waals surface area contributed by atoms with E-state index in [4.69, 9.17) is 20.3 Å². The van der Waals surface area contributed by atoms with Crippen LogP contribution in [-0.2, 0) is 22.6 Å². The fourth-order valence-electron chi connectivity index (χ4n) is 4.46. The zero-order chi connectivity index (χ0) is 32.8. The number of aromatic nitrogens is 4. The van der Waals surface area contributed by atoms with Gasteiger partial charge in [0.05, 0.1) is 26.3 Å². The highest BCUT2D eigenvalue weighted by Gasteiger charge is 2.13. The van der Waals surface area contributed by atoms with Crippen LogP contribution in [0.5, 0.6) is 5.75 Å². The van der Waals surface area contributed by atoms with Gasteiger partial charge in [-0.1, -0.05) is 50.2 Å². The van der Waals surface area contributed by atoms with Gasteiger partial charge in [0.1, 0.15) is 5.75 Å². The molecule has 238 valence electrons. The van der Waals surface area contributed by atoms with Crippen molar-refractivity contribution in [3.63, 3.8) is 0 Å². The second-order valence-corrected chi connectivity index (χ2v) is 10.8. The van der Waals surface area contributed by atoms with Gasteiger partial charge in [-0.25, -0.2) is 4.79 Å². The first-order valence-electron chi connectivity index (χ1n) is 14.5. The van der Waals surface area contributed by atoms with Crippen LogP contribution < -0.4 is 15.8 Å². The van der Waals surface area contributed by atoms with E-state index in [-0.39, 0.29) is 18.2 Å². The number of benzene rings is 3. The first kappa shape index (κ1) is 34.4. The molecule has 0 fully saturated rings. The number of rotatable bonds is 13. The molecule has 1 heterocycles. The zero-order valence-electron chi connectivity index (χ0n) is 26.0. The maximum Gasteiger partial charge on any atom is 0.337 e. The van der Waals surface area contributed by atoms with Gasteiger partial charge in [-0.05, 0) is 77.5 Å². The molecule has 12 heteroatoms. The molecular formula is C33H40N6O6. The quantitative estimate of drug-likeness (QED) is 0.185. The number of esters is 1. The van der Waals surface area contributed by atoms with Gasteiger partial charge in [0.2, 0.25) is 5.82 Å². The normalized spacial score (nSPS) is 11.2. The molecule has 0 aliphatic rings. The summed E-state index contributed by atoms with van der Waals surface area (Å²) in [6.45, 7) is 5.41. The van der Waals surface area contributed by atoms with E-state index in [9.17, 15) is 14.4 Å². The predicted octanol–water partition coefficient (Wildman–Crippen LogP) is 4.20. The summed E-state index contributed by atoms with van der Waals surface area (Å²) in [6, 6.07) is 21.6. The van der Waals surface area contributed by atoms with Crippen LogP contribution in [0, 0.1) is 11.8 Å². The second-order valence-electron chi connectivity index (χ2n) is 10.8. The number of nitrogens with one attached hydrogen (secondary N) is 1. The zero-order valence-corrected chi connectivity index (χ0v) is 26.0. The summed E-state index contributed by atoms with van der Waals surface area (Å²) in [5.41, 5.74) is 8.91. The number of carboxylic acid groups (broad SMARTS) is 1. The molecule has 0 spiro atoms. The maximum atomic E-state index is 12.7. The summed E-state index contributed by atoms with van der Waals surface area (Å²) in [6.07, 6.45) is 1.11. The molecule has 0 bridgehead atoms. The number of amides is 1. The standard InChI is InChI=1S/C25H23N5O4.C8H17NO2/c1-33-22-12-8-18(9-13-22)16-30-28-23(27-29-30)20-4-3-5-21(14-20)24(31)26-15-17-6-10-19(11-7-17)25(32)34-2;1-6(2)3-7(5-9)4-8(10)11/h3-14H,15-16H2,1-2H3,(H,26,31);6-7H,3-5,9H2,1-2H3,(H,10,11)/t;7-/m.0/s1. The fourth-order valence-corrected chi connectivity index (χ4v) is 4.46. The van der Waals surface area contributed by atoms with E-state index >= 15 is 0 Å². The van der Waals surface area contributed by atoms with Gasteiger partial charge in [-0.3, -0.25) is 9.59 Å². The van der Waals surface area contributed by atoms with Crippen LogP contribution in [0.2, 0.25) is 0 Å². The van der Waals surface area contributed by atoms with Crippen molar-refractivity contribution in [3.05, 3.63) is 95.1 Å². The summed E-state index contributed by atoms with van der Waals surface area (Å²) >= 11 is 0. The van der Waals surface area contributed by atoms with E-state index in [0.29, 0.717) is 48.1 Å². The van der Waals surface area contributed by atoms with E-state index in [0.717, 1.165) is 23.3 Å². The lowest BCUT2D eigenvalue weighted by atomic mass is 9.94. The molecule has 4 aromatic rings. The molecular weight excluding hydrogens is 576 g/mol. The van der Waals surface area contributed by atoms with Crippen LogP contribution >= 0.6 is 0 Å². The second kappa shape index (κ2) is 17.3. The first-order chi connectivity index (χ1) is 21.6. The number of methoxy groups -OCH3 is 2. The van der Waals surface area contributed by atoms with Gasteiger partial charge in [0, 0.05) is 24.1 Å². The number of tetrazole rings is 1. The Morgan fingerprint density at radius 1 is 0.956 bits per heavy atom. The van der Waals surface area contributed by atoms with Crippen LogP contribution in [-0.4, -0.2) is 63.9 Å². The maximum absolute atomic E-state index is 12.7. The van der Waals surface area contributed by atoms with E-state index in [2.05, 4.69) is 34.6 Å². The van der Waals surface area contributed by atoms with Crippen molar-refractivity contribution in [1.29, 1.82) is 0 Å². The van der Waals surface area contributed by atoms with Crippen LogP contribution in [0.1, 0.15) is 58.5 Å². The molecule has 1 atom stereocenters. The Balaban J connectivity index is 0.000000430. The van der Waals surface area contributed by atoms with E-state index in [1.165, 1.54) is 11.9 Å². The summed E-state index contributed by atoms with van der Waals surface area (Å²) in [7, 11) is 2.96. The molecule has 0 aliphatic heterocycles. The molecule has 0 radical (unpaired) electrons. The highest BCUT2D eigenvalue weighted by Crippen LogP contribution is 2.17. The first-order valence-corrected chi connectivity index (χ1v) is 14.5. The number of nitrogens with zero attached hydrogens (tertiary/aromatic N) is 4. The van der Waals surface area contributed by atoms with Crippen LogP contribution in [0.15, 0.2) is 72.8 Å². The molecule has 4 rings (SSSR count). The largest absolute Gasteiger partial charge is 0.497 e. The third kappa shape index (κ3) is 11.2. The number of hydrogen-bond acceptors (Lipinski definition) is 9. The molecule has 45 heavy (non-hydrogen) atoms. The van der Waals surface area contributed by atoms with E-state index < -0.39 is 11.9 Å². The third-order valence-corrected chi connectivity index (χ3v) is 6.75. The lowest BCUT2D eigenvalue weighted by molar-refractivity contribution is -0.138. The molecule has 12 nitrogen and oxygen atoms in total. The number of nitrogens with two attached hydrogens (primary N) is 1. The number of aliphatic carboxylic acids is 1. The Bertz CT molecular complexity index is 1540. The van der Waals surface area contributed by atoms with Crippen molar-refractivity contribution in [2.75, 3.05) is 20.8 Å². The van der Waals surface area contributed by atoms with Crippen molar-refractivity contribution in [2.45, 2.75) is 39.8 Å². The van der Waals surface area contributed by atoms with Crippen molar-refractivity contribution in [2.24, 2.45) is 17.6 Å². The highest BCUT2D eigenvalue weighted by atomic mass is 16.5. The summed E-state index contributed by atoms with van der Waals surface area (Å²) in [5.74, 6) is 0.508. The van der Waals surface area contributed by atoms with Gasteiger partial charge in [0.25, 0.3) is 5.91 Å². The summed E-state index contributed by atoms with van der Waals surface area (Å²) in [4.78, 5) is 36.0. The average molecular weight is 617 g/mol. The van der Waals surface area contributed by atoms with Crippen molar-refractivity contribution >= 4 is 17.8 Å². The van der Waals surface area contributed by atoms with Crippen molar-refractivity contribution in [1.82, 2.24) is 25.5 Å². The van der Waals surface area contributed by atoms with Gasteiger partial charge < -0.3 is 25.6 Å². The highest BCUT2D eigenvalue weighted by molar-refractivity contribution is 5.95. The number of carbonyl (C=O) groups excluding carboxylic acids is 2. The van der Waals surface area contributed by atoms with Crippen molar-refractivity contribution in [3.8, 4) is 17.1 Å². The number of carbonyl (C=O) groups is 3. The number of carboxylic acids is 1. The topological polar surface area (TPSA) is 172 Å². The molecule has 0 aliphatic carbocycles. The third-order valence-electron chi connectivity index (χ3n) is 6.75. The van der Waals surface area contributed by atoms with Crippen LogP contribution in [0.25, 0.3) is 11.4 Å². The molecule has 1 amide bonds. The molecule has 0 unspecified atom stereocenters. The lowest BCUT2D eigenvalue weighted by Gasteiger charge is -2.13. The lowest BCUT2D eigenvalue weighted by Crippen LogP contribution is -2.22. The molecule has 0 saturated carbocycles. The van der Waals surface area contributed by atoms with E-state index in [1.807, 2.05) is 30.3 Å². The molecule has 0 saturated heterocycles. The SMILES string of the molecule is CC(C)C[C@H](CN)CC(=O)O.COC(=O)c1ccc(CNC(=O)c2cccc(-c3nnn(Cc4ccc(OC)cc4)n3)c2)cc1. The molecule has 1 aromatic heterocycles. The minimum absolute atomic E-state index is 0.146. The minimum Gasteiger partial charge on any atom is -0.497 e. The van der Waals surface area contributed by atoms with E-state index in [1.54, 1.807) is 49.6 Å². The Morgan fingerprint density at radius 3 is 2.24 bits per heavy atom. The minimum atomic E-state index is -0.749. The smallest absolute Gasteiger partial charge is 0.337 e. The van der Waals surface area contributed by atoms with Crippen molar-refractivity contribution < 1.29 is 29.0 Å². The Kier molecular flexibility index (Phi) is 13.2. The molecule has 4 N–H and O–H groups in total. The van der Waals surface area contributed by atoms with Crippen LogP contribution in [0.3, 0.4) is 0 Å². The summed E-state index contributed by atoms with van der Waals surface area (Å²) < 4.78 is 9.86. The predicted molar refractivity (Wildman–Crippen MR) is 169 cm³/mol. The number of ether oxygens (including phenoxy) is 2. The monoisotopic (exact) mass is 616 g/mol. The van der Waals surface area contributed by atoms with Gasteiger partial charge in [0.15, 0.2) is 0 Å². The van der Waals surface area contributed by atoms with Gasteiger partial charge in [-0.2, -0.15) is 4.80 Å². The van der Waals surface area contributed by atoms with Gasteiger partial charge in [-0.15, -0.1) is 10.2 Å². The average Bonchev–Trinajstić information content (AvgIpc) is 3.52. The number of hydrogen-bond donors (Lipinski definition) is 3. The molecule has 3 aromatic carbocycles. The fraction of sp³-hybridized carbons (Fsp3) is 0.333.